The molecule has 7 nitrogen and oxygen atoms in total. The third-order valence-electron chi connectivity index (χ3n) is 6.27. The minimum atomic E-state index is -0.424. The quantitative estimate of drug-likeness (QED) is 0.540. The van der Waals surface area contributed by atoms with Crippen LogP contribution in [0.1, 0.15) is 41.3 Å². The topological polar surface area (TPSA) is 87.2 Å². The lowest BCUT2D eigenvalue weighted by molar-refractivity contribution is 0.0766. The Morgan fingerprint density at radius 1 is 1.06 bits per heavy atom. The zero-order chi connectivity index (χ0) is 22.9. The number of methoxy groups -OCH3 is 3. The first-order valence-corrected chi connectivity index (χ1v) is 10.7. The molecule has 1 aromatic heterocycles. The van der Waals surface area contributed by atoms with Crippen LogP contribution in [0.25, 0.3) is 11.0 Å². The summed E-state index contributed by atoms with van der Waals surface area (Å²) in [6.45, 7) is 3.18. The molecule has 1 unspecified atom stereocenters. The van der Waals surface area contributed by atoms with E-state index >= 15 is 0 Å². The third kappa shape index (κ3) is 4.12. The Bertz CT molecular complexity index is 1130. The molecule has 170 valence electrons. The van der Waals surface area contributed by atoms with E-state index in [2.05, 4.69) is 0 Å². The standard InChI is InChI=1S/C25H30N2O5/c1-25(26,9-8-16-15-32-23-18(16)6-5-7-20(23)29-2)10-11-27-14-17-12-21(30-3)22(31-4)13-19(17)24(27)28/h5-7,12-13,15H,8-11,14,26H2,1-4H3. The smallest absolute Gasteiger partial charge is 0.254 e. The number of para-hydroxylation sites is 1. The molecule has 0 aliphatic carbocycles. The number of aryl methyl sites for hydroxylation is 1. The third-order valence-corrected chi connectivity index (χ3v) is 6.27. The zero-order valence-electron chi connectivity index (χ0n) is 19.1. The van der Waals surface area contributed by atoms with Crippen LogP contribution in [0, 0.1) is 0 Å². The molecule has 32 heavy (non-hydrogen) atoms. The molecule has 1 aliphatic heterocycles. The summed E-state index contributed by atoms with van der Waals surface area (Å²) in [5.41, 5.74) is 9.68. The fraction of sp³-hybridized carbons (Fsp3) is 0.400. The van der Waals surface area contributed by atoms with E-state index in [0.717, 1.165) is 40.7 Å². The van der Waals surface area contributed by atoms with Gasteiger partial charge in [0.25, 0.3) is 5.91 Å². The number of nitrogens with zero attached hydrogens (tertiary/aromatic N) is 1. The average molecular weight is 439 g/mol. The molecule has 0 radical (unpaired) electrons. The van der Waals surface area contributed by atoms with E-state index in [1.54, 1.807) is 33.7 Å². The number of ether oxygens (including phenoxy) is 3. The first-order chi connectivity index (χ1) is 15.4. The summed E-state index contributed by atoms with van der Waals surface area (Å²) in [5.74, 6) is 1.93. The summed E-state index contributed by atoms with van der Waals surface area (Å²) in [5, 5.41) is 1.05. The predicted octanol–water partition coefficient (Wildman–Crippen LogP) is 4.15. The van der Waals surface area contributed by atoms with Gasteiger partial charge in [-0.3, -0.25) is 4.79 Å². The van der Waals surface area contributed by atoms with E-state index in [4.69, 9.17) is 24.4 Å². The normalized spacial score (nSPS) is 15.0. The van der Waals surface area contributed by atoms with Crippen molar-refractivity contribution in [3.63, 3.8) is 0 Å². The van der Waals surface area contributed by atoms with Gasteiger partial charge >= 0.3 is 0 Å². The number of nitrogens with two attached hydrogens (primary N) is 1. The fourth-order valence-electron chi connectivity index (χ4n) is 4.25. The van der Waals surface area contributed by atoms with Crippen molar-refractivity contribution in [1.82, 2.24) is 4.90 Å². The molecule has 2 aromatic carbocycles. The van der Waals surface area contributed by atoms with Crippen molar-refractivity contribution < 1.29 is 23.4 Å². The van der Waals surface area contributed by atoms with Crippen LogP contribution in [0.2, 0.25) is 0 Å². The van der Waals surface area contributed by atoms with Gasteiger partial charge in [-0.15, -0.1) is 0 Å². The van der Waals surface area contributed by atoms with Gasteiger partial charge < -0.3 is 29.3 Å². The van der Waals surface area contributed by atoms with Crippen LogP contribution >= 0.6 is 0 Å². The van der Waals surface area contributed by atoms with Crippen LogP contribution in [-0.2, 0) is 13.0 Å². The van der Waals surface area contributed by atoms with Crippen LogP contribution in [0.4, 0.5) is 0 Å². The lowest BCUT2D eigenvalue weighted by Crippen LogP contribution is -2.40. The molecule has 1 amide bonds. The Hall–Kier alpha value is -3.19. The highest BCUT2D eigenvalue weighted by Crippen LogP contribution is 2.35. The molecule has 7 heteroatoms. The van der Waals surface area contributed by atoms with Crippen molar-refractivity contribution in [2.75, 3.05) is 27.9 Å². The summed E-state index contributed by atoms with van der Waals surface area (Å²) < 4.78 is 21.8. The molecule has 0 fully saturated rings. The van der Waals surface area contributed by atoms with Gasteiger partial charge in [0.1, 0.15) is 0 Å². The number of furan rings is 1. The molecule has 3 aromatic rings. The van der Waals surface area contributed by atoms with Crippen LogP contribution in [0.15, 0.2) is 41.0 Å². The number of fused-ring (bicyclic) bond motifs is 2. The number of benzene rings is 2. The molecule has 2 heterocycles. The van der Waals surface area contributed by atoms with E-state index in [-0.39, 0.29) is 5.91 Å². The predicted molar refractivity (Wildman–Crippen MR) is 123 cm³/mol. The van der Waals surface area contributed by atoms with Gasteiger partial charge in [0.05, 0.1) is 27.6 Å². The molecule has 0 spiro atoms. The zero-order valence-corrected chi connectivity index (χ0v) is 19.1. The summed E-state index contributed by atoms with van der Waals surface area (Å²) in [6, 6.07) is 9.52. The molecule has 0 saturated heterocycles. The Balaban J connectivity index is 1.39. The number of carbonyl (C=O) groups is 1. The van der Waals surface area contributed by atoms with E-state index in [9.17, 15) is 4.79 Å². The number of carbonyl (C=O) groups excluding carboxylic acids is 1. The largest absolute Gasteiger partial charge is 0.493 e. The monoisotopic (exact) mass is 438 g/mol. The second-order valence-corrected chi connectivity index (χ2v) is 8.59. The van der Waals surface area contributed by atoms with Crippen molar-refractivity contribution in [1.29, 1.82) is 0 Å². The van der Waals surface area contributed by atoms with E-state index in [0.29, 0.717) is 36.6 Å². The van der Waals surface area contributed by atoms with Gasteiger partial charge in [-0.2, -0.15) is 0 Å². The summed E-state index contributed by atoms with van der Waals surface area (Å²) >= 11 is 0. The van der Waals surface area contributed by atoms with Crippen molar-refractivity contribution >= 4 is 16.9 Å². The molecular formula is C25H30N2O5. The molecule has 2 N–H and O–H groups in total. The lowest BCUT2D eigenvalue weighted by Gasteiger charge is -2.27. The van der Waals surface area contributed by atoms with E-state index in [1.807, 2.05) is 36.1 Å². The number of hydrogen-bond donors (Lipinski definition) is 1. The minimum absolute atomic E-state index is 0.00433. The highest BCUT2D eigenvalue weighted by atomic mass is 16.5. The Kier molecular flexibility index (Phi) is 6.02. The highest BCUT2D eigenvalue weighted by molar-refractivity contribution is 5.99. The SMILES string of the molecule is COc1cc2c(cc1OC)C(=O)N(CCC(C)(N)CCc1coc3c(OC)cccc13)C2. The Morgan fingerprint density at radius 3 is 2.50 bits per heavy atom. The molecule has 0 saturated carbocycles. The van der Waals surface area contributed by atoms with Gasteiger partial charge in [0, 0.05) is 29.6 Å². The Morgan fingerprint density at radius 2 is 1.78 bits per heavy atom. The van der Waals surface area contributed by atoms with Crippen molar-refractivity contribution in [2.24, 2.45) is 5.73 Å². The van der Waals surface area contributed by atoms with Gasteiger partial charge in [-0.05, 0) is 55.5 Å². The molecular weight excluding hydrogens is 408 g/mol. The van der Waals surface area contributed by atoms with Gasteiger partial charge in [-0.1, -0.05) is 12.1 Å². The summed E-state index contributed by atoms with van der Waals surface area (Å²) in [6.07, 6.45) is 4.04. The van der Waals surface area contributed by atoms with Crippen molar-refractivity contribution in [3.05, 3.63) is 53.3 Å². The number of hydrogen-bond acceptors (Lipinski definition) is 6. The minimum Gasteiger partial charge on any atom is -0.493 e. The fourth-order valence-corrected chi connectivity index (χ4v) is 4.25. The highest BCUT2D eigenvalue weighted by Gasteiger charge is 2.31. The maximum atomic E-state index is 12.9. The molecule has 1 aliphatic rings. The maximum absolute atomic E-state index is 12.9. The number of amides is 1. The van der Waals surface area contributed by atoms with Crippen molar-refractivity contribution in [3.8, 4) is 17.2 Å². The number of rotatable bonds is 9. The van der Waals surface area contributed by atoms with Crippen LogP contribution in [0.5, 0.6) is 17.2 Å². The Labute approximate surface area is 188 Å². The van der Waals surface area contributed by atoms with Crippen molar-refractivity contribution in [2.45, 2.75) is 38.3 Å². The molecule has 4 rings (SSSR count). The average Bonchev–Trinajstić information content (AvgIpc) is 3.36. The summed E-state index contributed by atoms with van der Waals surface area (Å²) in [7, 11) is 4.80. The van der Waals surface area contributed by atoms with E-state index in [1.165, 1.54) is 0 Å². The summed E-state index contributed by atoms with van der Waals surface area (Å²) in [4.78, 5) is 14.7. The molecule has 1 atom stereocenters. The first-order valence-electron chi connectivity index (χ1n) is 10.7. The lowest BCUT2D eigenvalue weighted by atomic mass is 9.90. The van der Waals surface area contributed by atoms with Gasteiger partial charge in [-0.25, -0.2) is 0 Å². The van der Waals surface area contributed by atoms with E-state index < -0.39 is 5.54 Å². The second-order valence-electron chi connectivity index (χ2n) is 8.59. The van der Waals surface area contributed by atoms with Crippen LogP contribution in [0.3, 0.4) is 0 Å². The second kappa shape index (κ2) is 8.74. The first kappa shape index (κ1) is 22.0. The maximum Gasteiger partial charge on any atom is 0.254 e. The van der Waals surface area contributed by atoms with Gasteiger partial charge in [0.15, 0.2) is 22.8 Å². The van der Waals surface area contributed by atoms with Crippen LogP contribution in [-0.4, -0.2) is 44.2 Å². The molecule has 0 bridgehead atoms. The van der Waals surface area contributed by atoms with Crippen LogP contribution < -0.4 is 19.9 Å². The van der Waals surface area contributed by atoms with Gasteiger partial charge in [0.2, 0.25) is 0 Å².